The fourth-order valence-corrected chi connectivity index (χ4v) is 3.97. The topological polar surface area (TPSA) is 54.3 Å². The predicted molar refractivity (Wildman–Crippen MR) is 86.8 cm³/mol. The monoisotopic (exact) mass is 315 g/mol. The van der Waals surface area contributed by atoms with Gasteiger partial charge in [0.25, 0.3) is 0 Å². The van der Waals surface area contributed by atoms with Crippen LogP contribution in [0.4, 0.5) is 0 Å². The summed E-state index contributed by atoms with van der Waals surface area (Å²) in [4.78, 5) is 0.416. The van der Waals surface area contributed by atoms with Gasteiger partial charge in [0, 0.05) is 38.1 Å². The van der Waals surface area contributed by atoms with Crippen LogP contribution in [0.1, 0.15) is 46.2 Å². The molecule has 0 aromatic carbocycles. The van der Waals surface area contributed by atoms with Gasteiger partial charge >= 0.3 is 0 Å². The van der Waals surface area contributed by atoms with Crippen LogP contribution in [0.15, 0.2) is 17.2 Å². The smallest absolute Gasteiger partial charge is 0.244 e. The zero-order chi connectivity index (χ0) is 15.9. The van der Waals surface area contributed by atoms with Gasteiger partial charge in [-0.05, 0) is 25.5 Å². The van der Waals surface area contributed by atoms with Gasteiger partial charge < -0.3 is 9.88 Å². The van der Waals surface area contributed by atoms with Gasteiger partial charge in [-0.3, -0.25) is 0 Å². The second-order valence-electron chi connectivity index (χ2n) is 5.14. The summed E-state index contributed by atoms with van der Waals surface area (Å²) in [6, 6.07) is 1.81. The van der Waals surface area contributed by atoms with Crippen LogP contribution in [0.5, 0.6) is 0 Å². The number of hydrogen-bond acceptors (Lipinski definition) is 3. The minimum absolute atomic E-state index is 0.416. The van der Waals surface area contributed by atoms with E-state index in [1.807, 2.05) is 26.8 Å². The van der Waals surface area contributed by atoms with E-state index in [4.69, 9.17) is 0 Å². The molecule has 0 spiro atoms. The lowest BCUT2D eigenvalue weighted by atomic mass is 10.4. The molecule has 0 aliphatic heterocycles. The quantitative estimate of drug-likeness (QED) is 0.721. The first-order valence-corrected chi connectivity index (χ1v) is 9.35. The highest BCUT2D eigenvalue weighted by Crippen LogP contribution is 2.20. The first-order valence-electron chi connectivity index (χ1n) is 7.91. The molecule has 1 rings (SSSR count). The Morgan fingerprint density at radius 2 is 1.90 bits per heavy atom. The van der Waals surface area contributed by atoms with Crippen molar-refractivity contribution in [2.45, 2.75) is 58.5 Å². The van der Waals surface area contributed by atoms with Crippen molar-refractivity contribution in [1.29, 1.82) is 0 Å². The van der Waals surface area contributed by atoms with Crippen molar-refractivity contribution in [2.24, 2.45) is 0 Å². The summed E-state index contributed by atoms with van der Waals surface area (Å²) in [7, 11) is -3.37. The highest BCUT2D eigenvalue weighted by molar-refractivity contribution is 7.89. The number of aromatic nitrogens is 1. The Kier molecular flexibility index (Phi) is 7.42. The number of nitrogens with one attached hydrogen (secondary N) is 1. The van der Waals surface area contributed by atoms with Crippen molar-refractivity contribution >= 4 is 10.0 Å². The molecule has 0 amide bonds. The lowest BCUT2D eigenvalue weighted by Crippen LogP contribution is -2.31. The third-order valence-electron chi connectivity index (χ3n) is 3.44. The molecule has 21 heavy (non-hydrogen) atoms. The Morgan fingerprint density at radius 3 is 2.43 bits per heavy atom. The van der Waals surface area contributed by atoms with E-state index in [0.29, 0.717) is 24.5 Å². The molecule has 0 atom stereocenters. The van der Waals surface area contributed by atoms with Crippen LogP contribution >= 0.6 is 0 Å². The Hall–Kier alpha value is -0.850. The summed E-state index contributed by atoms with van der Waals surface area (Å²) < 4.78 is 29.0. The maximum Gasteiger partial charge on any atom is 0.244 e. The maximum absolute atomic E-state index is 12.7. The Balaban J connectivity index is 3.11. The molecule has 0 fully saturated rings. The molecule has 5 nitrogen and oxygen atoms in total. The van der Waals surface area contributed by atoms with Crippen molar-refractivity contribution in [2.75, 3.05) is 19.6 Å². The minimum atomic E-state index is -3.37. The summed E-state index contributed by atoms with van der Waals surface area (Å²) in [5.41, 5.74) is 1.03. The van der Waals surface area contributed by atoms with Crippen LogP contribution < -0.4 is 5.32 Å². The summed E-state index contributed by atoms with van der Waals surface area (Å²) in [5, 5.41) is 3.27. The first-order chi connectivity index (χ1) is 10.0. The van der Waals surface area contributed by atoms with Gasteiger partial charge in [0.2, 0.25) is 10.0 Å². The molecule has 6 heteroatoms. The molecule has 0 radical (unpaired) electrons. The molecular formula is C15H29N3O2S. The van der Waals surface area contributed by atoms with Crippen molar-refractivity contribution in [3.05, 3.63) is 18.0 Å². The largest absolute Gasteiger partial charge is 0.349 e. The SMILES string of the molecule is CCCN(CC)S(=O)(=O)c1cc(CNCC)n(CCC)c1. The van der Waals surface area contributed by atoms with E-state index in [-0.39, 0.29) is 0 Å². The van der Waals surface area contributed by atoms with Gasteiger partial charge in [-0.2, -0.15) is 4.31 Å². The normalized spacial score (nSPS) is 12.2. The zero-order valence-electron chi connectivity index (χ0n) is 13.7. The molecule has 122 valence electrons. The van der Waals surface area contributed by atoms with Crippen molar-refractivity contribution in [3.8, 4) is 0 Å². The Labute approximate surface area is 129 Å². The van der Waals surface area contributed by atoms with Gasteiger partial charge in [-0.15, -0.1) is 0 Å². The standard InChI is InChI=1S/C15H29N3O2S/c1-5-9-17-13-15(11-14(17)12-16-7-3)21(19,20)18(8-4)10-6-2/h11,13,16H,5-10,12H2,1-4H3. The fraction of sp³-hybridized carbons (Fsp3) is 0.733. The molecule has 1 N–H and O–H groups in total. The average Bonchev–Trinajstić information content (AvgIpc) is 2.86. The van der Waals surface area contributed by atoms with E-state index in [1.165, 1.54) is 0 Å². The maximum atomic E-state index is 12.7. The number of aryl methyl sites for hydroxylation is 1. The molecule has 0 unspecified atom stereocenters. The number of sulfonamides is 1. The molecule has 1 heterocycles. The summed E-state index contributed by atoms with van der Waals surface area (Å²) >= 11 is 0. The Morgan fingerprint density at radius 1 is 1.19 bits per heavy atom. The van der Waals surface area contributed by atoms with E-state index in [9.17, 15) is 8.42 Å². The molecule has 0 saturated carbocycles. The molecule has 0 aliphatic rings. The first kappa shape index (κ1) is 18.2. The number of rotatable bonds is 10. The molecule has 1 aromatic rings. The van der Waals surface area contributed by atoms with Gasteiger partial charge in [-0.1, -0.05) is 27.7 Å². The molecule has 0 saturated heterocycles. The molecule has 1 aromatic heterocycles. The lowest BCUT2D eigenvalue weighted by Gasteiger charge is -2.18. The Bertz CT molecular complexity index is 523. The van der Waals surface area contributed by atoms with Crippen molar-refractivity contribution < 1.29 is 8.42 Å². The van der Waals surface area contributed by atoms with Gasteiger partial charge in [-0.25, -0.2) is 8.42 Å². The van der Waals surface area contributed by atoms with Crippen LogP contribution in [-0.2, 0) is 23.1 Å². The van der Waals surface area contributed by atoms with Crippen LogP contribution in [0.2, 0.25) is 0 Å². The van der Waals surface area contributed by atoms with Crippen LogP contribution in [-0.4, -0.2) is 36.9 Å². The summed E-state index contributed by atoms with van der Waals surface area (Å²) in [6.45, 7) is 11.5. The number of hydrogen-bond donors (Lipinski definition) is 1. The molecule has 0 bridgehead atoms. The van der Waals surface area contributed by atoms with E-state index in [2.05, 4.69) is 16.8 Å². The van der Waals surface area contributed by atoms with Crippen LogP contribution in [0.25, 0.3) is 0 Å². The molecule has 0 aliphatic carbocycles. The highest BCUT2D eigenvalue weighted by atomic mass is 32.2. The van der Waals surface area contributed by atoms with E-state index < -0.39 is 10.0 Å². The third-order valence-corrected chi connectivity index (χ3v) is 5.38. The summed E-state index contributed by atoms with van der Waals surface area (Å²) in [6.07, 6.45) is 3.59. The average molecular weight is 315 g/mol. The van der Waals surface area contributed by atoms with Gasteiger partial charge in [0.15, 0.2) is 0 Å². The van der Waals surface area contributed by atoms with Gasteiger partial charge in [0.05, 0.1) is 0 Å². The van der Waals surface area contributed by atoms with Crippen LogP contribution in [0, 0.1) is 0 Å². The zero-order valence-corrected chi connectivity index (χ0v) is 14.5. The lowest BCUT2D eigenvalue weighted by molar-refractivity contribution is 0.427. The van der Waals surface area contributed by atoms with Crippen molar-refractivity contribution in [1.82, 2.24) is 14.2 Å². The van der Waals surface area contributed by atoms with E-state index in [0.717, 1.165) is 31.6 Å². The van der Waals surface area contributed by atoms with E-state index in [1.54, 1.807) is 10.5 Å². The fourth-order valence-electron chi connectivity index (χ4n) is 2.36. The molecular weight excluding hydrogens is 286 g/mol. The predicted octanol–water partition coefficient (Wildman–Crippen LogP) is 2.43. The minimum Gasteiger partial charge on any atom is -0.349 e. The van der Waals surface area contributed by atoms with Gasteiger partial charge in [0.1, 0.15) is 4.90 Å². The van der Waals surface area contributed by atoms with Crippen molar-refractivity contribution in [3.63, 3.8) is 0 Å². The van der Waals surface area contributed by atoms with Crippen LogP contribution in [0.3, 0.4) is 0 Å². The number of nitrogens with zero attached hydrogens (tertiary/aromatic N) is 2. The second-order valence-corrected chi connectivity index (χ2v) is 7.08. The second kappa shape index (κ2) is 8.56. The van der Waals surface area contributed by atoms with E-state index >= 15 is 0 Å². The third kappa shape index (κ3) is 4.56. The summed E-state index contributed by atoms with van der Waals surface area (Å²) in [5.74, 6) is 0. The highest BCUT2D eigenvalue weighted by Gasteiger charge is 2.24.